The number of pyridine rings is 1. The summed E-state index contributed by atoms with van der Waals surface area (Å²) in [5, 5.41) is 8.14. The van der Waals surface area contributed by atoms with Crippen LogP contribution in [0.25, 0.3) is 0 Å². The zero-order valence-electron chi connectivity index (χ0n) is 9.74. The van der Waals surface area contributed by atoms with Gasteiger partial charge in [0, 0.05) is 19.8 Å². The monoisotopic (exact) mass is 229 g/mol. The van der Waals surface area contributed by atoms with Crippen molar-refractivity contribution in [2.24, 2.45) is 5.73 Å². The summed E-state index contributed by atoms with van der Waals surface area (Å²) in [6.07, 6.45) is 1.78. The summed E-state index contributed by atoms with van der Waals surface area (Å²) in [4.78, 5) is 6.26. The molecular formula is C12H15N5. The van der Waals surface area contributed by atoms with Crippen molar-refractivity contribution < 1.29 is 0 Å². The van der Waals surface area contributed by atoms with E-state index >= 15 is 0 Å². The molecule has 0 unspecified atom stereocenters. The first kappa shape index (κ1) is 11.5. The van der Waals surface area contributed by atoms with Crippen LogP contribution in [0.1, 0.15) is 11.4 Å². The van der Waals surface area contributed by atoms with E-state index in [1.54, 1.807) is 6.20 Å². The highest BCUT2D eigenvalue weighted by Crippen LogP contribution is 2.10. The van der Waals surface area contributed by atoms with Crippen molar-refractivity contribution in [2.45, 2.75) is 13.1 Å². The highest BCUT2D eigenvalue weighted by Gasteiger charge is 2.04. The summed E-state index contributed by atoms with van der Waals surface area (Å²) in [6.45, 7) is 1.12. The minimum atomic E-state index is 0.414. The van der Waals surface area contributed by atoms with Crippen LogP contribution in [0.2, 0.25) is 0 Å². The Labute approximate surface area is 100 Å². The number of nitrogens with two attached hydrogens (primary N) is 1. The third kappa shape index (κ3) is 2.98. The van der Waals surface area contributed by atoms with E-state index in [0.29, 0.717) is 13.1 Å². The van der Waals surface area contributed by atoms with Crippen molar-refractivity contribution in [2.75, 3.05) is 11.9 Å². The van der Waals surface area contributed by atoms with Crippen LogP contribution in [-0.2, 0) is 13.1 Å². The van der Waals surface area contributed by atoms with Crippen LogP contribution >= 0.6 is 0 Å². The van der Waals surface area contributed by atoms with E-state index in [1.807, 2.05) is 42.3 Å². The van der Waals surface area contributed by atoms with Crippen LogP contribution in [-0.4, -0.2) is 22.2 Å². The van der Waals surface area contributed by atoms with Crippen molar-refractivity contribution in [3.05, 3.63) is 47.9 Å². The summed E-state index contributed by atoms with van der Waals surface area (Å²) in [5.41, 5.74) is 7.26. The smallest absolute Gasteiger partial charge is 0.151 e. The van der Waals surface area contributed by atoms with Crippen molar-refractivity contribution in [1.82, 2.24) is 15.2 Å². The average molecular weight is 229 g/mol. The lowest BCUT2D eigenvalue weighted by atomic mass is 10.3. The zero-order chi connectivity index (χ0) is 12.1. The van der Waals surface area contributed by atoms with Gasteiger partial charge < -0.3 is 10.6 Å². The van der Waals surface area contributed by atoms with Crippen LogP contribution < -0.4 is 10.6 Å². The number of hydrogen-bond acceptors (Lipinski definition) is 5. The van der Waals surface area contributed by atoms with Gasteiger partial charge in [0.1, 0.15) is 0 Å². The highest BCUT2D eigenvalue weighted by atomic mass is 15.2. The van der Waals surface area contributed by atoms with Crippen LogP contribution in [0.3, 0.4) is 0 Å². The fourth-order valence-electron chi connectivity index (χ4n) is 1.48. The van der Waals surface area contributed by atoms with Gasteiger partial charge in [0.2, 0.25) is 0 Å². The third-order valence-corrected chi connectivity index (χ3v) is 2.43. The topological polar surface area (TPSA) is 67.9 Å². The molecule has 0 spiro atoms. The van der Waals surface area contributed by atoms with E-state index < -0.39 is 0 Å². The van der Waals surface area contributed by atoms with Gasteiger partial charge >= 0.3 is 0 Å². The predicted octanol–water partition coefficient (Wildman–Crippen LogP) is 0.967. The molecule has 17 heavy (non-hydrogen) atoms. The Kier molecular flexibility index (Phi) is 3.62. The normalized spacial score (nSPS) is 10.2. The molecule has 0 fully saturated rings. The molecule has 0 amide bonds. The Balaban J connectivity index is 2.06. The first-order valence-corrected chi connectivity index (χ1v) is 5.43. The van der Waals surface area contributed by atoms with Gasteiger partial charge in [-0.15, -0.1) is 5.10 Å². The van der Waals surface area contributed by atoms with Crippen LogP contribution in [0.4, 0.5) is 5.82 Å². The molecule has 0 radical (unpaired) electrons. The Morgan fingerprint density at radius 2 is 2.00 bits per heavy atom. The van der Waals surface area contributed by atoms with Crippen molar-refractivity contribution in [1.29, 1.82) is 0 Å². The fourth-order valence-corrected chi connectivity index (χ4v) is 1.48. The van der Waals surface area contributed by atoms with Crippen LogP contribution in [0, 0.1) is 0 Å². The van der Waals surface area contributed by atoms with Gasteiger partial charge in [0.05, 0.1) is 17.9 Å². The second-order valence-corrected chi connectivity index (χ2v) is 3.76. The molecular weight excluding hydrogens is 214 g/mol. The predicted molar refractivity (Wildman–Crippen MR) is 66.3 cm³/mol. The summed E-state index contributed by atoms with van der Waals surface area (Å²) in [5.74, 6) is 0.813. The van der Waals surface area contributed by atoms with Gasteiger partial charge in [-0.1, -0.05) is 6.07 Å². The molecule has 2 N–H and O–H groups in total. The van der Waals surface area contributed by atoms with E-state index in [4.69, 9.17) is 5.73 Å². The molecule has 0 aliphatic rings. The Hall–Kier alpha value is -2.01. The molecule has 0 aliphatic heterocycles. The van der Waals surface area contributed by atoms with Gasteiger partial charge in [0.15, 0.2) is 5.82 Å². The van der Waals surface area contributed by atoms with Gasteiger partial charge in [-0.3, -0.25) is 4.98 Å². The first-order valence-electron chi connectivity index (χ1n) is 5.43. The van der Waals surface area contributed by atoms with E-state index in [9.17, 15) is 0 Å². The number of hydrogen-bond donors (Lipinski definition) is 1. The summed E-state index contributed by atoms with van der Waals surface area (Å²) in [7, 11) is 1.96. The summed E-state index contributed by atoms with van der Waals surface area (Å²) >= 11 is 0. The largest absolute Gasteiger partial charge is 0.352 e. The highest BCUT2D eigenvalue weighted by molar-refractivity contribution is 5.36. The molecule has 0 bridgehead atoms. The molecule has 0 aromatic carbocycles. The second kappa shape index (κ2) is 5.36. The second-order valence-electron chi connectivity index (χ2n) is 3.76. The summed E-state index contributed by atoms with van der Waals surface area (Å²) < 4.78 is 0. The van der Waals surface area contributed by atoms with Crippen molar-refractivity contribution in [3.63, 3.8) is 0 Å². The standard InChI is InChI=1S/C12H15N5/c1-17(9-11-4-2-3-7-14-11)12-6-5-10(8-13)15-16-12/h2-7H,8-9,13H2,1H3. The molecule has 88 valence electrons. The lowest BCUT2D eigenvalue weighted by Crippen LogP contribution is -2.19. The average Bonchev–Trinajstić information content (AvgIpc) is 2.40. The maximum Gasteiger partial charge on any atom is 0.151 e. The minimum Gasteiger partial charge on any atom is -0.352 e. The summed E-state index contributed by atoms with van der Waals surface area (Å²) in [6, 6.07) is 9.66. The lowest BCUT2D eigenvalue weighted by Gasteiger charge is -2.16. The van der Waals surface area contributed by atoms with Crippen LogP contribution in [0.15, 0.2) is 36.5 Å². The molecule has 0 saturated carbocycles. The number of aromatic nitrogens is 3. The zero-order valence-corrected chi connectivity index (χ0v) is 9.74. The Morgan fingerprint density at radius 3 is 2.59 bits per heavy atom. The molecule has 2 aromatic rings. The fraction of sp³-hybridized carbons (Fsp3) is 0.250. The molecule has 5 heteroatoms. The molecule has 0 atom stereocenters. The molecule has 2 heterocycles. The van der Waals surface area contributed by atoms with E-state index in [0.717, 1.165) is 17.2 Å². The SMILES string of the molecule is CN(Cc1ccccn1)c1ccc(CN)nn1. The van der Waals surface area contributed by atoms with E-state index in [1.165, 1.54) is 0 Å². The van der Waals surface area contributed by atoms with Gasteiger partial charge in [-0.2, -0.15) is 5.10 Å². The number of rotatable bonds is 4. The molecule has 0 saturated heterocycles. The quantitative estimate of drug-likeness (QED) is 0.846. The third-order valence-electron chi connectivity index (χ3n) is 2.43. The van der Waals surface area contributed by atoms with Gasteiger partial charge in [-0.05, 0) is 24.3 Å². The van der Waals surface area contributed by atoms with E-state index in [-0.39, 0.29) is 0 Å². The Morgan fingerprint density at radius 1 is 1.12 bits per heavy atom. The van der Waals surface area contributed by atoms with Gasteiger partial charge in [-0.25, -0.2) is 0 Å². The molecule has 0 aliphatic carbocycles. The minimum absolute atomic E-state index is 0.414. The number of anilines is 1. The van der Waals surface area contributed by atoms with Crippen LogP contribution in [0.5, 0.6) is 0 Å². The lowest BCUT2D eigenvalue weighted by molar-refractivity contribution is 0.822. The molecule has 2 aromatic heterocycles. The van der Waals surface area contributed by atoms with Gasteiger partial charge in [0.25, 0.3) is 0 Å². The first-order chi connectivity index (χ1) is 8.29. The molecule has 5 nitrogen and oxygen atoms in total. The maximum absolute atomic E-state index is 5.47. The Bertz CT molecular complexity index is 454. The van der Waals surface area contributed by atoms with Crippen molar-refractivity contribution in [3.8, 4) is 0 Å². The van der Waals surface area contributed by atoms with E-state index in [2.05, 4.69) is 15.2 Å². The van der Waals surface area contributed by atoms with Crippen molar-refractivity contribution >= 4 is 5.82 Å². The maximum atomic E-state index is 5.47. The molecule has 2 rings (SSSR count). The number of nitrogens with zero attached hydrogens (tertiary/aromatic N) is 4.